The summed E-state index contributed by atoms with van der Waals surface area (Å²) in [6.45, 7) is 4.89. The van der Waals surface area contributed by atoms with Crippen LogP contribution in [-0.2, 0) is 11.3 Å². The van der Waals surface area contributed by atoms with Crippen LogP contribution >= 0.6 is 0 Å². The number of halogens is 1. The summed E-state index contributed by atoms with van der Waals surface area (Å²) in [5, 5.41) is 7.10. The first-order valence-corrected chi connectivity index (χ1v) is 11.9. The normalized spacial score (nSPS) is 11.4. The molecule has 5 rings (SSSR count). The number of nitrogens with one attached hydrogen (secondary N) is 1. The maximum absolute atomic E-state index is 14.1. The van der Waals surface area contributed by atoms with Crippen LogP contribution in [0.5, 0.6) is 0 Å². The molecule has 0 aliphatic carbocycles. The minimum atomic E-state index is -0.629. The third kappa shape index (κ3) is 4.65. The van der Waals surface area contributed by atoms with Crippen molar-refractivity contribution < 1.29 is 22.8 Å². The average molecular weight is 518 g/mol. The van der Waals surface area contributed by atoms with Gasteiger partial charge in [-0.1, -0.05) is 12.1 Å². The third-order valence-electron chi connectivity index (χ3n) is 5.90. The fraction of sp³-hybridized carbons (Fsp3) is 0.222. The highest BCUT2D eigenvalue weighted by Gasteiger charge is 2.23. The number of furan rings is 1. The number of amides is 2. The predicted molar refractivity (Wildman–Crippen MR) is 138 cm³/mol. The first-order valence-electron chi connectivity index (χ1n) is 11.9. The molecule has 194 valence electrons. The summed E-state index contributed by atoms with van der Waals surface area (Å²) in [5.74, 6) is -1.07. The second kappa shape index (κ2) is 9.58. The topological polar surface area (TPSA) is 123 Å². The number of likely N-dealkylation sites (N-methyl/N-ethyl adjacent to an activating group) is 1. The Balaban J connectivity index is 1.56. The highest BCUT2D eigenvalue weighted by molar-refractivity contribution is 5.99. The number of anilines is 1. The average Bonchev–Trinajstić information content (AvgIpc) is 3.48. The fourth-order valence-electron chi connectivity index (χ4n) is 4.07. The molecule has 1 N–H and O–H groups in total. The fourth-order valence-corrected chi connectivity index (χ4v) is 4.07. The Kier molecular flexibility index (Phi) is 6.27. The molecule has 0 aliphatic heterocycles. The highest BCUT2D eigenvalue weighted by atomic mass is 19.1. The van der Waals surface area contributed by atoms with E-state index < -0.39 is 29.7 Å². The lowest BCUT2D eigenvalue weighted by atomic mass is 10.1. The third-order valence-corrected chi connectivity index (χ3v) is 5.90. The van der Waals surface area contributed by atoms with Crippen LogP contribution in [0.3, 0.4) is 0 Å². The van der Waals surface area contributed by atoms with Crippen LogP contribution in [0.4, 0.5) is 10.1 Å². The summed E-state index contributed by atoms with van der Waals surface area (Å²) in [7, 11) is 1.57. The zero-order valence-corrected chi connectivity index (χ0v) is 21.1. The van der Waals surface area contributed by atoms with Crippen LogP contribution in [0.1, 0.15) is 30.3 Å². The van der Waals surface area contributed by atoms with E-state index in [1.165, 1.54) is 29.2 Å². The van der Waals surface area contributed by atoms with Gasteiger partial charge in [0.15, 0.2) is 22.8 Å². The summed E-state index contributed by atoms with van der Waals surface area (Å²) in [6, 6.07) is 11.9. The Bertz CT molecular complexity index is 1770. The van der Waals surface area contributed by atoms with E-state index in [2.05, 4.69) is 15.4 Å². The van der Waals surface area contributed by atoms with Gasteiger partial charge in [0.25, 0.3) is 11.5 Å². The molecule has 0 radical (unpaired) electrons. The summed E-state index contributed by atoms with van der Waals surface area (Å²) >= 11 is 0. The number of aromatic nitrogens is 3. The monoisotopic (exact) mass is 517 g/mol. The second-order valence-corrected chi connectivity index (χ2v) is 9.14. The van der Waals surface area contributed by atoms with Crippen molar-refractivity contribution in [1.29, 1.82) is 0 Å². The molecule has 11 heteroatoms. The molecule has 0 atom stereocenters. The van der Waals surface area contributed by atoms with Crippen molar-refractivity contribution in [3.8, 4) is 11.3 Å². The van der Waals surface area contributed by atoms with E-state index >= 15 is 0 Å². The van der Waals surface area contributed by atoms with Gasteiger partial charge in [-0.3, -0.25) is 14.4 Å². The van der Waals surface area contributed by atoms with E-state index in [9.17, 15) is 18.8 Å². The summed E-state index contributed by atoms with van der Waals surface area (Å²) < 4.78 is 26.3. The van der Waals surface area contributed by atoms with Crippen molar-refractivity contribution in [2.45, 2.75) is 33.4 Å². The molecule has 3 aromatic heterocycles. The van der Waals surface area contributed by atoms with Gasteiger partial charge in [-0.05, 0) is 38.1 Å². The molecule has 0 fully saturated rings. The lowest BCUT2D eigenvalue weighted by Gasteiger charge is -2.18. The number of carbonyl (C=O) groups is 2. The quantitative estimate of drug-likeness (QED) is 0.360. The molecular weight excluding hydrogens is 493 g/mol. The molecule has 0 aliphatic rings. The number of hydrogen-bond donors (Lipinski definition) is 1. The molecule has 2 amide bonds. The number of aryl methyl sites for hydroxylation is 1. The van der Waals surface area contributed by atoms with E-state index in [0.717, 1.165) is 4.68 Å². The number of rotatable bonds is 6. The van der Waals surface area contributed by atoms with Crippen molar-refractivity contribution in [3.63, 3.8) is 0 Å². The van der Waals surface area contributed by atoms with Gasteiger partial charge in [0.2, 0.25) is 5.91 Å². The highest BCUT2D eigenvalue weighted by Crippen LogP contribution is 2.28. The van der Waals surface area contributed by atoms with Gasteiger partial charge in [0, 0.05) is 43.4 Å². The van der Waals surface area contributed by atoms with Gasteiger partial charge in [-0.25, -0.2) is 14.1 Å². The van der Waals surface area contributed by atoms with Gasteiger partial charge in [0.05, 0.1) is 5.39 Å². The van der Waals surface area contributed by atoms with E-state index in [-0.39, 0.29) is 28.5 Å². The molecule has 3 heterocycles. The van der Waals surface area contributed by atoms with Crippen molar-refractivity contribution in [3.05, 3.63) is 76.4 Å². The van der Waals surface area contributed by atoms with Crippen LogP contribution in [0.15, 0.2) is 62.2 Å². The van der Waals surface area contributed by atoms with E-state index in [4.69, 9.17) is 8.83 Å². The molecule has 0 saturated heterocycles. The van der Waals surface area contributed by atoms with Gasteiger partial charge in [-0.15, -0.1) is 0 Å². The first-order chi connectivity index (χ1) is 18.1. The standard InChI is InChI=1S/C27H24FN5O5/c1-14(2)29-26(35)22-12-19-25(38-22)24(16-6-5-7-17(28)10-16)31-33(27(19)36)13-23(34)32(4)18-8-9-20-21(11-18)37-15(3)30-20/h5-12,14H,13H2,1-4H3,(H,29,35). The number of fused-ring (bicyclic) bond motifs is 2. The van der Waals surface area contributed by atoms with Crippen molar-refractivity contribution >= 4 is 39.6 Å². The van der Waals surface area contributed by atoms with Gasteiger partial charge in [0.1, 0.15) is 23.6 Å². The zero-order valence-electron chi connectivity index (χ0n) is 21.1. The lowest BCUT2D eigenvalue weighted by Crippen LogP contribution is -2.35. The number of nitrogens with zero attached hydrogens (tertiary/aromatic N) is 4. The van der Waals surface area contributed by atoms with E-state index in [1.54, 1.807) is 52.1 Å². The molecule has 10 nitrogen and oxygen atoms in total. The largest absolute Gasteiger partial charge is 0.448 e. The van der Waals surface area contributed by atoms with Crippen molar-refractivity contribution in [2.75, 3.05) is 11.9 Å². The maximum Gasteiger partial charge on any atom is 0.287 e. The van der Waals surface area contributed by atoms with E-state index in [1.807, 2.05) is 0 Å². The lowest BCUT2D eigenvalue weighted by molar-refractivity contribution is -0.119. The molecule has 0 spiro atoms. The van der Waals surface area contributed by atoms with Crippen molar-refractivity contribution in [1.82, 2.24) is 20.1 Å². The Labute approximate surface area is 215 Å². The Morgan fingerprint density at radius 2 is 1.92 bits per heavy atom. The smallest absolute Gasteiger partial charge is 0.287 e. The molecule has 5 aromatic rings. The maximum atomic E-state index is 14.1. The molecular formula is C27H24FN5O5. The van der Waals surface area contributed by atoms with Gasteiger partial charge in [-0.2, -0.15) is 5.10 Å². The number of benzene rings is 2. The summed E-state index contributed by atoms with van der Waals surface area (Å²) in [6.07, 6.45) is 0. The van der Waals surface area contributed by atoms with Gasteiger partial charge < -0.3 is 19.1 Å². The zero-order chi connectivity index (χ0) is 27.1. The molecule has 38 heavy (non-hydrogen) atoms. The Morgan fingerprint density at radius 3 is 2.66 bits per heavy atom. The van der Waals surface area contributed by atoms with Crippen molar-refractivity contribution in [2.24, 2.45) is 0 Å². The Morgan fingerprint density at radius 1 is 1.13 bits per heavy atom. The minimum Gasteiger partial charge on any atom is -0.448 e. The summed E-state index contributed by atoms with van der Waals surface area (Å²) in [5.41, 5.74) is 1.56. The molecule has 2 aromatic carbocycles. The van der Waals surface area contributed by atoms with E-state index in [0.29, 0.717) is 28.2 Å². The molecule has 0 bridgehead atoms. The number of carbonyl (C=O) groups excluding carboxylic acids is 2. The Hall–Kier alpha value is -4.80. The van der Waals surface area contributed by atoms with Crippen LogP contribution in [0.2, 0.25) is 0 Å². The van der Waals surface area contributed by atoms with Crippen LogP contribution in [0, 0.1) is 12.7 Å². The summed E-state index contributed by atoms with van der Waals surface area (Å²) in [4.78, 5) is 44.8. The molecule has 0 unspecified atom stereocenters. The first kappa shape index (κ1) is 24.9. The molecule has 0 saturated carbocycles. The number of hydrogen-bond acceptors (Lipinski definition) is 7. The SMILES string of the molecule is Cc1nc2ccc(N(C)C(=O)Cn3nc(-c4cccc(F)c4)c4oc(C(=O)NC(C)C)cc4c3=O)cc2o1. The predicted octanol–water partition coefficient (Wildman–Crippen LogP) is 4.05. The van der Waals surface area contributed by atoms with Gasteiger partial charge >= 0.3 is 0 Å². The number of oxazole rings is 1. The van der Waals surface area contributed by atoms with Crippen LogP contribution in [0.25, 0.3) is 33.3 Å². The minimum absolute atomic E-state index is 0.0256. The van der Waals surface area contributed by atoms with Crippen LogP contribution < -0.4 is 15.8 Å². The van der Waals surface area contributed by atoms with Crippen LogP contribution in [-0.4, -0.2) is 39.7 Å². The second-order valence-electron chi connectivity index (χ2n) is 9.14.